The summed E-state index contributed by atoms with van der Waals surface area (Å²) in [7, 11) is 0. The van der Waals surface area contributed by atoms with Crippen molar-refractivity contribution >= 4 is 16.9 Å². The average molecular weight is 331 g/mol. The van der Waals surface area contributed by atoms with Crippen LogP contribution in [-0.4, -0.2) is 32.8 Å². The summed E-state index contributed by atoms with van der Waals surface area (Å²) in [5, 5.41) is 8.33. The summed E-state index contributed by atoms with van der Waals surface area (Å²) in [6.45, 7) is 12.6. The summed E-state index contributed by atoms with van der Waals surface area (Å²) in [5.41, 5.74) is 7.61. The van der Waals surface area contributed by atoms with Crippen LogP contribution in [-0.2, 0) is 0 Å². The number of carbonyl (C=O) groups excluding carboxylic acids is 1. The number of aryl methyl sites for hydroxylation is 1. The summed E-state index contributed by atoms with van der Waals surface area (Å²) >= 11 is 0. The fraction of sp³-hybridized carbons (Fsp3) is 0.611. The SMILES string of the molecule is CCC(C)n1ncc2c(C(=O)NC(C)(CN)C(C)C)cc(C)nc21. The highest BCUT2D eigenvalue weighted by Crippen LogP contribution is 2.23. The molecular formula is C18H29N5O. The van der Waals surface area contributed by atoms with Crippen LogP contribution in [0.15, 0.2) is 12.3 Å². The summed E-state index contributed by atoms with van der Waals surface area (Å²) in [6, 6.07) is 2.05. The van der Waals surface area contributed by atoms with E-state index in [-0.39, 0.29) is 17.9 Å². The average Bonchev–Trinajstić information content (AvgIpc) is 2.96. The monoisotopic (exact) mass is 331 g/mol. The molecule has 0 aliphatic carbocycles. The van der Waals surface area contributed by atoms with Crippen LogP contribution in [0.2, 0.25) is 0 Å². The van der Waals surface area contributed by atoms with E-state index in [0.717, 1.165) is 23.1 Å². The van der Waals surface area contributed by atoms with E-state index >= 15 is 0 Å². The van der Waals surface area contributed by atoms with Gasteiger partial charge in [-0.25, -0.2) is 9.67 Å². The first-order valence-electron chi connectivity index (χ1n) is 8.61. The Morgan fingerprint density at radius 1 is 1.42 bits per heavy atom. The van der Waals surface area contributed by atoms with Gasteiger partial charge in [0.05, 0.1) is 28.7 Å². The first-order chi connectivity index (χ1) is 11.2. The minimum absolute atomic E-state index is 0.129. The summed E-state index contributed by atoms with van der Waals surface area (Å²) in [5.74, 6) is 0.101. The van der Waals surface area contributed by atoms with Gasteiger partial charge in [0.25, 0.3) is 5.91 Å². The van der Waals surface area contributed by atoms with Gasteiger partial charge in [-0.2, -0.15) is 5.10 Å². The first kappa shape index (κ1) is 18.4. The molecule has 24 heavy (non-hydrogen) atoms. The van der Waals surface area contributed by atoms with Gasteiger partial charge in [-0.15, -0.1) is 0 Å². The van der Waals surface area contributed by atoms with Crippen LogP contribution in [0.25, 0.3) is 11.0 Å². The Kier molecular flexibility index (Phi) is 5.28. The molecule has 2 heterocycles. The van der Waals surface area contributed by atoms with Gasteiger partial charge in [-0.3, -0.25) is 4.79 Å². The number of carbonyl (C=O) groups is 1. The molecule has 132 valence electrons. The second-order valence-corrected chi connectivity index (χ2v) is 7.13. The molecule has 3 N–H and O–H groups in total. The second kappa shape index (κ2) is 6.89. The van der Waals surface area contributed by atoms with Crippen LogP contribution >= 0.6 is 0 Å². The van der Waals surface area contributed by atoms with Crippen molar-refractivity contribution in [3.8, 4) is 0 Å². The van der Waals surface area contributed by atoms with Gasteiger partial charge in [0.15, 0.2) is 5.65 Å². The van der Waals surface area contributed by atoms with Crippen molar-refractivity contribution in [3.05, 3.63) is 23.5 Å². The van der Waals surface area contributed by atoms with Gasteiger partial charge >= 0.3 is 0 Å². The van der Waals surface area contributed by atoms with Gasteiger partial charge in [-0.1, -0.05) is 20.8 Å². The van der Waals surface area contributed by atoms with Gasteiger partial charge in [-0.05, 0) is 39.2 Å². The molecule has 2 rings (SSSR count). The maximum Gasteiger partial charge on any atom is 0.252 e. The van der Waals surface area contributed by atoms with Crippen molar-refractivity contribution < 1.29 is 4.79 Å². The van der Waals surface area contributed by atoms with Gasteiger partial charge in [0.2, 0.25) is 0 Å². The Balaban J connectivity index is 2.49. The molecule has 0 radical (unpaired) electrons. The minimum atomic E-state index is -0.451. The zero-order valence-electron chi connectivity index (χ0n) is 15.6. The zero-order valence-corrected chi connectivity index (χ0v) is 15.6. The Morgan fingerprint density at radius 3 is 2.62 bits per heavy atom. The Morgan fingerprint density at radius 2 is 2.08 bits per heavy atom. The third kappa shape index (κ3) is 3.29. The molecule has 0 saturated heterocycles. The molecule has 0 fully saturated rings. The molecule has 0 spiro atoms. The molecule has 2 aromatic heterocycles. The molecule has 2 atom stereocenters. The van der Waals surface area contributed by atoms with Crippen molar-refractivity contribution in [1.82, 2.24) is 20.1 Å². The standard InChI is InChI=1S/C18H29N5O/c1-7-13(5)23-16-15(9-20-23)14(8-12(4)21-16)17(24)22-18(6,10-19)11(2)3/h8-9,11,13H,7,10,19H2,1-6H3,(H,22,24). The number of rotatable bonds is 6. The largest absolute Gasteiger partial charge is 0.345 e. The number of nitrogens with two attached hydrogens (primary N) is 1. The van der Waals surface area contributed by atoms with E-state index in [2.05, 4.69) is 43.1 Å². The molecule has 2 unspecified atom stereocenters. The van der Waals surface area contributed by atoms with Crippen molar-refractivity contribution in [2.75, 3.05) is 6.54 Å². The Labute approximate surface area is 143 Å². The summed E-state index contributed by atoms with van der Waals surface area (Å²) in [6.07, 6.45) is 2.69. The Hall–Kier alpha value is -1.95. The van der Waals surface area contributed by atoms with Crippen LogP contribution in [0.1, 0.15) is 63.1 Å². The van der Waals surface area contributed by atoms with Crippen molar-refractivity contribution in [2.45, 2.75) is 59.5 Å². The van der Waals surface area contributed by atoms with Crippen LogP contribution in [0.5, 0.6) is 0 Å². The predicted molar refractivity (Wildman–Crippen MR) is 97.0 cm³/mol. The zero-order chi connectivity index (χ0) is 18.1. The number of nitrogens with zero attached hydrogens (tertiary/aromatic N) is 3. The molecule has 0 saturated carbocycles. The smallest absolute Gasteiger partial charge is 0.252 e. The lowest BCUT2D eigenvalue weighted by Gasteiger charge is -2.33. The van der Waals surface area contributed by atoms with Crippen LogP contribution < -0.4 is 11.1 Å². The lowest BCUT2D eigenvalue weighted by Crippen LogP contribution is -2.55. The highest BCUT2D eigenvalue weighted by Gasteiger charge is 2.30. The third-order valence-corrected chi connectivity index (χ3v) is 5.05. The molecule has 2 aromatic rings. The fourth-order valence-electron chi connectivity index (χ4n) is 2.58. The topological polar surface area (TPSA) is 85.8 Å². The molecule has 0 aliphatic heterocycles. The molecule has 0 bridgehead atoms. The number of amides is 1. The van der Waals surface area contributed by atoms with Gasteiger partial charge in [0.1, 0.15) is 0 Å². The number of hydrogen-bond acceptors (Lipinski definition) is 4. The summed E-state index contributed by atoms with van der Waals surface area (Å²) in [4.78, 5) is 17.5. The van der Waals surface area contributed by atoms with Crippen LogP contribution in [0.3, 0.4) is 0 Å². The maximum absolute atomic E-state index is 12.9. The van der Waals surface area contributed by atoms with Gasteiger partial charge < -0.3 is 11.1 Å². The normalized spacial score (nSPS) is 15.5. The molecular weight excluding hydrogens is 302 g/mol. The van der Waals surface area contributed by atoms with E-state index in [1.165, 1.54) is 0 Å². The van der Waals surface area contributed by atoms with Crippen molar-refractivity contribution in [3.63, 3.8) is 0 Å². The van der Waals surface area contributed by atoms with E-state index in [4.69, 9.17) is 5.73 Å². The van der Waals surface area contributed by atoms with E-state index in [9.17, 15) is 4.79 Å². The number of aromatic nitrogens is 3. The van der Waals surface area contributed by atoms with E-state index in [1.807, 2.05) is 24.6 Å². The van der Waals surface area contributed by atoms with Crippen molar-refractivity contribution in [2.24, 2.45) is 11.7 Å². The molecule has 0 aromatic carbocycles. The van der Waals surface area contributed by atoms with Crippen LogP contribution in [0.4, 0.5) is 0 Å². The van der Waals surface area contributed by atoms with Crippen molar-refractivity contribution in [1.29, 1.82) is 0 Å². The Bertz CT molecular complexity index is 736. The predicted octanol–water partition coefficient (Wildman–Crippen LogP) is 2.81. The fourth-order valence-corrected chi connectivity index (χ4v) is 2.58. The molecule has 1 amide bonds. The number of nitrogens with one attached hydrogen (secondary N) is 1. The van der Waals surface area contributed by atoms with E-state index in [1.54, 1.807) is 6.20 Å². The summed E-state index contributed by atoms with van der Waals surface area (Å²) < 4.78 is 1.89. The van der Waals surface area contributed by atoms with Crippen LogP contribution in [0, 0.1) is 12.8 Å². The van der Waals surface area contributed by atoms with E-state index in [0.29, 0.717) is 12.1 Å². The van der Waals surface area contributed by atoms with Gasteiger partial charge in [0, 0.05) is 12.2 Å². The number of pyridine rings is 1. The molecule has 6 heteroatoms. The maximum atomic E-state index is 12.9. The lowest BCUT2D eigenvalue weighted by atomic mass is 9.88. The highest BCUT2D eigenvalue weighted by molar-refractivity contribution is 6.05. The molecule has 0 aliphatic rings. The highest BCUT2D eigenvalue weighted by atomic mass is 16.1. The third-order valence-electron chi connectivity index (χ3n) is 5.05. The minimum Gasteiger partial charge on any atom is -0.345 e. The second-order valence-electron chi connectivity index (χ2n) is 7.13. The molecule has 6 nitrogen and oxygen atoms in total. The number of fused-ring (bicyclic) bond motifs is 1. The quantitative estimate of drug-likeness (QED) is 0.852. The number of hydrogen-bond donors (Lipinski definition) is 2. The first-order valence-corrected chi connectivity index (χ1v) is 8.61. The lowest BCUT2D eigenvalue weighted by molar-refractivity contribution is 0.0885. The van der Waals surface area contributed by atoms with E-state index < -0.39 is 5.54 Å².